The fourth-order valence-electron chi connectivity index (χ4n) is 2.90. The molecule has 2 atom stereocenters. The molecule has 23 heavy (non-hydrogen) atoms. The van der Waals surface area contributed by atoms with Gasteiger partial charge in [-0.2, -0.15) is 11.8 Å². The van der Waals surface area contributed by atoms with E-state index in [1.54, 1.807) is 18.0 Å². The van der Waals surface area contributed by atoms with Crippen LogP contribution in [0.3, 0.4) is 0 Å². The second-order valence-electron chi connectivity index (χ2n) is 6.39. The molecular weight excluding hydrogens is 308 g/mol. The van der Waals surface area contributed by atoms with Crippen LogP contribution in [-0.2, 0) is 6.54 Å². The van der Waals surface area contributed by atoms with E-state index in [1.165, 1.54) is 5.56 Å². The summed E-state index contributed by atoms with van der Waals surface area (Å²) in [6.45, 7) is 6.51. The Morgan fingerprint density at radius 2 is 2.43 bits per heavy atom. The molecule has 1 aliphatic rings. The van der Waals surface area contributed by atoms with Crippen LogP contribution in [0, 0.1) is 5.92 Å². The molecule has 1 saturated heterocycles. The van der Waals surface area contributed by atoms with Gasteiger partial charge in [0, 0.05) is 50.4 Å². The third-order valence-electron chi connectivity index (χ3n) is 4.26. The summed E-state index contributed by atoms with van der Waals surface area (Å²) in [6.07, 6.45) is 6.87. The molecule has 2 heterocycles. The van der Waals surface area contributed by atoms with Crippen molar-refractivity contribution in [2.24, 2.45) is 5.92 Å². The molecule has 0 aliphatic carbocycles. The molecule has 1 N–H and O–H groups in total. The van der Waals surface area contributed by atoms with Crippen molar-refractivity contribution in [3.63, 3.8) is 0 Å². The van der Waals surface area contributed by atoms with Crippen molar-refractivity contribution in [1.29, 1.82) is 0 Å². The number of aromatic nitrogens is 1. The Balaban J connectivity index is 1.71. The lowest BCUT2D eigenvalue weighted by molar-refractivity contribution is 0.204. The SMILES string of the molecule is CS[C@H](C)CNC(=O)N1CC[C@H](CN(C)Cc2cccnc2)C1. The quantitative estimate of drug-likeness (QED) is 0.830. The Morgan fingerprint density at radius 1 is 1.61 bits per heavy atom. The first kappa shape index (κ1) is 18.1. The van der Waals surface area contributed by atoms with Crippen LogP contribution in [0.15, 0.2) is 24.5 Å². The first-order valence-electron chi connectivity index (χ1n) is 8.21. The second kappa shape index (κ2) is 9.13. The molecule has 6 heteroatoms. The minimum absolute atomic E-state index is 0.0864. The average Bonchev–Trinajstić information content (AvgIpc) is 3.01. The Labute approximate surface area is 143 Å². The number of pyridine rings is 1. The molecule has 0 bridgehead atoms. The number of thioether (sulfide) groups is 1. The van der Waals surface area contributed by atoms with Crippen LogP contribution in [0.25, 0.3) is 0 Å². The zero-order valence-electron chi connectivity index (χ0n) is 14.4. The number of carbonyl (C=O) groups is 1. The zero-order chi connectivity index (χ0) is 16.7. The molecule has 128 valence electrons. The molecule has 0 saturated carbocycles. The number of carbonyl (C=O) groups excluding carboxylic acids is 1. The van der Waals surface area contributed by atoms with Gasteiger partial charge in [-0.15, -0.1) is 0 Å². The molecule has 0 spiro atoms. The molecule has 5 nitrogen and oxygen atoms in total. The number of rotatable bonds is 7. The lowest BCUT2D eigenvalue weighted by atomic mass is 10.1. The first-order chi connectivity index (χ1) is 11.1. The summed E-state index contributed by atoms with van der Waals surface area (Å²) in [5, 5.41) is 3.49. The fraction of sp³-hybridized carbons (Fsp3) is 0.647. The molecule has 0 aromatic carbocycles. The van der Waals surface area contributed by atoms with Gasteiger partial charge in [-0.3, -0.25) is 4.98 Å². The monoisotopic (exact) mass is 336 g/mol. The van der Waals surface area contributed by atoms with Gasteiger partial charge in [0.1, 0.15) is 0 Å². The summed E-state index contributed by atoms with van der Waals surface area (Å²) in [5.41, 5.74) is 1.23. The van der Waals surface area contributed by atoms with E-state index in [0.29, 0.717) is 11.2 Å². The highest BCUT2D eigenvalue weighted by molar-refractivity contribution is 7.99. The molecule has 0 unspecified atom stereocenters. The summed E-state index contributed by atoms with van der Waals surface area (Å²) in [6, 6.07) is 4.16. The molecule has 2 rings (SSSR count). The summed E-state index contributed by atoms with van der Waals surface area (Å²) >= 11 is 1.77. The number of hydrogen-bond acceptors (Lipinski definition) is 4. The maximum absolute atomic E-state index is 12.2. The van der Waals surface area contributed by atoms with Gasteiger partial charge in [-0.25, -0.2) is 4.79 Å². The van der Waals surface area contributed by atoms with Crippen molar-refractivity contribution in [1.82, 2.24) is 20.1 Å². The molecule has 1 fully saturated rings. The van der Waals surface area contributed by atoms with Crippen molar-refractivity contribution in [3.8, 4) is 0 Å². The number of amides is 2. The first-order valence-corrected chi connectivity index (χ1v) is 9.50. The minimum atomic E-state index is 0.0864. The van der Waals surface area contributed by atoms with Gasteiger partial charge in [0.15, 0.2) is 0 Å². The molecular formula is C17H28N4OS. The van der Waals surface area contributed by atoms with E-state index in [9.17, 15) is 4.79 Å². The van der Waals surface area contributed by atoms with E-state index in [2.05, 4.69) is 41.5 Å². The number of nitrogens with one attached hydrogen (secondary N) is 1. The number of hydrogen-bond donors (Lipinski definition) is 1. The fourth-order valence-corrected chi connectivity index (χ4v) is 3.15. The van der Waals surface area contributed by atoms with Crippen LogP contribution in [0.5, 0.6) is 0 Å². The Morgan fingerprint density at radius 3 is 3.13 bits per heavy atom. The standard InChI is InChI=1S/C17H28N4OS/c1-14(23-3)9-19-17(22)21-8-6-16(13-21)12-20(2)11-15-5-4-7-18-10-15/h4-5,7,10,14,16H,6,8-9,11-13H2,1-3H3,(H,19,22)/t14-,16-/m1/s1. The Hall–Kier alpha value is -1.27. The zero-order valence-corrected chi connectivity index (χ0v) is 15.2. The van der Waals surface area contributed by atoms with Crippen LogP contribution in [0.4, 0.5) is 4.79 Å². The third-order valence-corrected chi connectivity index (χ3v) is 5.23. The largest absolute Gasteiger partial charge is 0.337 e. The van der Waals surface area contributed by atoms with Crippen LogP contribution in [0.2, 0.25) is 0 Å². The maximum atomic E-state index is 12.2. The number of urea groups is 1. The van der Waals surface area contributed by atoms with Gasteiger partial charge in [-0.05, 0) is 37.3 Å². The van der Waals surface area contributed by atoms with Gasteiger partial charge >= 0.3 is 6.03 Å². The van der Waals surface area contributed by atoms with Crippen LogP contribution >= 0.6 is 11.8 Å². The van der Waals surface area contributed by atoms with E-state index in [1.807, 2.05) is 17.2 Å². The smallest absolute Gasteiger partial charge is 0.317 e. The van der Waals surface area contributed by atoms with Gasteiger partial charge in [-0.1, -0.05) is 13.0 Å². The lowest BCUT2D eigenvalue weighted by Gasteiger charge is -2.22. The highest BCUT2D eigenvalue weighted by Gasteiger charge is 2.27. The van der Waals surface area contributed by atoms with Gasteiger partial charge in [0.25, 0.3) is 0 Å². The molecule has 0 radical (unpaired) electrons. The van der Waals surface area contributed by atoms with Crippen molar-refractivity contribution in [2.45, 2.75) is 25.1 Å². The van der Waals surface area contributed by atoms with E-state index in [0.717, 1.165) is 39.1 Å². The van der Waals surface area contributed by atoms with Gasteiger partial charge < -0.3 is 15.1 Å². The average molecular weight is 337 g/mol. The number of nitrogens with zero attached hydrogens (tertiary/aromatic N) is 3. The van der Waals surface area contributed by atoms with E-state index in [-0.39, 0.29) is 6.03 Å². The third kappa shape index (κ3) is 6.03. The van der Waals surface area contributed by atoms with E-state index < -0.39 is 0 Å². The highest BCUT2D eigenvalue weighted by Crippen LogP contribution is 2.18. The molecule has 1 aromatic heterocycles. The minimum Gasteiger partial charge on any atom is -0.337 e. The Bertz CT molecular complexity index is 485. The van der Waals surface area contributed by atoms with Crippen molar-refractivity contribution >= 4 is 17.8 Å². The molecule has 2 amide bonds. The normalized spacial score (nSPS) is 19.1. The topological polar surface area (TPSA) is 48.5 Å². The van der Waals surface area contributed by atoms with E-state index in [4.69, 9.17) is 0 Å². The predicted octanol–water partition coefficient (Wildman–Crippen LogP) is 2.30. The van der Waals surface area contributed by atoms with Gasteiger partial charge in [0.2, 0.25) is 0 Å². The second-order valence-corrected chi connectivity index (χ2v) is 7.67. The maximum Gasteiger partial charge on any atom is 0.317 e. The van der Waals surface area contributed by atoms with Gasteiger partial charge in [0.05, 0.1) is 0 Å². The van der Waals surface area contributed by atoms with Crippen LogP contribution in [0.1, 0.15) is 18.9 Å². The summed E-state index contributed by atoms with van der Waals surface area (Å²) in [5.74, 6) is 0.556. The van der Waals surface area contributed by atoms with Crippen molar-refractivity contribution < 1.29 is 4.79 Å². The predicted molar refractivity (Wildman–Crippen MR) is 96.6 cm³/mol. The van der Waals surface area contributed by atoms with Crippen LogP contribution in [-0.4, -0.2) is 65.5 Å². The summed E-state index contributed by atoms with van der Waals surface area (Å²) < 4.78 is 0. The summed E-state index contributed by atoms with van der Waals surface area (Å²) in [4.78, 5) is 20.6. The van der Waals surface area contributed by atoms with E-state index >= 15 is 0 Å². The molecule has 1 aliphatic heterocycles. The highest BCUT2D eigenvalue weighted by atomic mass is 32.2. The lowest BCUT2D eigenvalue weighted by Crippen LogP contribution is -2.41. The van der Waals surface area contributed by atoms with Crippen molar-refractivity contribution in [2.75, 3.05) is 39.5 Å². The van der Waals surface area contributed by atoms with Crippen LogP contribution < -0.4 is 5.32 Å². The number of likely N-dealkylation sites (tertiary alicyclic amines) is 1. The van der Waals surface area contributed by atoms with Crippen molar-refractivity contribution in [3.05, 3.63) is 30.1 Å². The molecule has 1 aromatic rings. The summed E-state index contributed by atoms with van der Waals surface area (Å²) in [7, 11) is 2.13. The Kier molecular flexibility index (Phi) is 7.17.